The van der Waals surface area contributed by atoms with Crippen molar-refractivity contribution in [2.45, 2.75) is 38.5 Å². The summed E-state index contributed by atoms with van der Waals surface area (Å²) < 4.78 is 41.0. The number of anilines is 1. The number of rotatable bonds is 3. The van der Waals surface area contributed by atoms with Gasteiger partial charge in [0.25, 0.3) is 5.91 Å². The monoisotopic (exact) mass is 342 g/mol. The SMILES string of the molecule is O=C1CN(c2c(O)ccc(CC3CCCCC3)c2F)S(=O)(=O)N1. The van der Waals surface area contributed by atoms with Crippen molar-refractivity contribution in [3.05, 3.63) is 23.5 Å². The van der Waals surface area contributed by atoms with Crippen LogP contribution in [0.15, 0.2) is 12.1 Å². The van der Waals surface area contributed by atoms with E-state index in [4.69, 9.17) is 0 Å². The molecule has 2 N–H and O–H groups in total. The fourth-order valence-corrected chi connectivity index (χ4v) is 4.50. The van der Waals surface area contributed by atoms with E-state index in [0.717, 1.165) is 25.7 Å². The predicted molar refractivity (Wildman–Crippen MR) is 82.8 cm³/mol. The van der Waals surface area contributed by atoms with Crippen LogP contribution >= 0.6 is 0 Å². The maximum atomic E-state index is 14.8. The molecular weight excluding hydrogens is 323 g/mol. The Kier molecular flexibility index (Phi) is 4.18. The molecule has 2 aliphatic rings. The zero-order chi connectivity index (χ0) is 16.6. The molecule has 1 heterocycles. The highest BCUT2D eigenvalue weighted by atomic mass is 32.2. The van der Waals surface area contributed by atoms with E-state index in [0.29, 0.717) is 22.2 Å². The first-order chi connectivity index (χ1) is 10.9. The molecule has 8 heteroatoms. The molecule has 1 saturated heterocycles. The van der Waals surface area contributed by atoms with Crippen LogP contribution in [0, 0.1) is 11.7 Å². The number of nitrogens with zero attached hydrogens (tertiary/aromatic N) is 1. The summed E-state index contributed by atoms with van der Waals surface area (Å²) in [7, 11) is -4.15. The second-order valence-corrected chi connectivity index (χ2v) is 7.75. The Morgan fingerprint density at radius 3 is 2.57 bits per heavy atom. The normalized spacial score (nSPS) is 21.4. The van der Waals surface area contributed by atoms with Gasteiger partial charge in [-0.15, -0.1) is 0 Å². The van der Waals surface area contributed by atoms with Crippen molar-refractivity contribution in [2.75, 3.05) is 10.8 Å². The molecule has 1 aliphatic carbocycles. The number of hydrogen-bond donors (Lipinski definition) is 2. The van der Waals surface area contributed by atoms with Gasteiger partial charge in [-0.25, -0.2) is 13.4 Å². The van der Waals surface area contributed by atoms with E-state index in [9.17, 15) is 22.7 Å². The molecule has 0 aromatic heterocycles. The van der Waals surface area contributed by atoms with Gasteiger partial charge in [0.05, 0.1) is 0 Å². The lowest BCUT2D eigenvalue weighted by Gasteiger charge is -2.23. The fourth-order valence-electron chi connectivity index (χ4n) is 3.34. The molecule has 0 radical (unpaired) electrons. The number of phenolic OH excluding ortho intramolecular Hbond substituents is 1. The largest absolute Gasteiger partial charge is 0.506 e. The second kappa shape index (κ2) is 5.99. The molecule has 0 spiro atoms. The molecule has 0 bridgehead atoms. The van der Waals surface area contributed by atoms with Crippen LogP contribution < -0.4 is 9.03 Å². The van der Waals surface area contributed by atoms with Crippen molar-refractivity contribution in [3.8, 4) is 5.75 Å². The molecule has 126 valence electrons. The number of amides is 1. The topological polar surface area (TPSA) is 86.7 Å². The molecule has 23 heavy (non-hydrogen) atoms. The number of carbonyl (C=O) groups is 1. The van der Waals surface area contributed by atoms with Crippen LogP contribution in [0.3, 0.4) is 0 Å². The lowest BCUT2D eigenvalue weighted by molar-refractivity contribution is -0.117. The maximum absolute atomic E-state index is 14.8. The molecular formula is C15H19FN2O4S. The summed E-state index contributed by atoms with van der Waals surface area (Å²) >= 11 is 0. The summed E-state index contributed by atoms with van der Waals surface area (Å²) in [6.07, 6.45) is 6.00. The summed E-state index contributed by atoms with van der Waals surface area (Å²) in [5.41, 5.74) is -0.0732. The summed E-state index contributed by atoms with van der Waals surface area (Å²) in [6.45, 7) is -0.528. The highest BCUT2D eigenvalue weighted by Gasteiger charge is 2.38. The van der Waals surface area contributed by atoms with Gasteiger partial charge in [0.2, 0.25) is 0 Å². The Labute approximate surface area is 134 Å². The van der Waals surface area contributed by atoms with Crippen LogP contribution in [-0.4, -0.2) is 26.0 Å². The third-order valence-electron chi connectivity index (χ3n) is 4.48. The van der Waals surface area contributed by atoms with Gasteiger partial charge in [-0.2, -0.15) is 8.42 Å². The number of phenols is 1. The molecule has 2 fully saturated rings. The first-order valence-electron chi connectivity index (χ1n) is 7.72. The maximum Gasteiger partial charge on any atom is 0.326 e. The number of aromatic hydroxyl groups is 1. The predicted octanol–water partition coefficient (Wildman–Crippen LogP) is 1.84. The molecule has 1 saturated carbocycles. The van der Waals surface area contributed by atoms with Crippen molar-refractivity contribution >= 4 is 21.8 Å². The summed E-state index contributed by atoms with van der Waals surface area (Å²) in [5, 5.41) is 9.92. The third kappa shape index (κ3) is 3.12. The van der Waals surface area contributed by atoms with Gasteiger partial charge in [-0.05, 0) is 24.0 Å². The van der Waals surface area contributed by atoms with Gasteiger partial charge in [0.15, 0.2) is 5.82 Å². The van der Waals surface area contributed by atoms with Gasteiger partial charge >= 0.3 is 10.2 Å². The molecule has 1 aromatic carbocycles. The molecule has 1 amide bonds. The molecule has 1 aromatic rings. The summed E-state index contributed by atoms with van der Waals surface area (Å²) in [5.74, 6) is -1.64. The Morgan fingerprint density at radius 2 is 1.96 bits per heavy atom. The number of hydrogen-bond acceptors (Lipinski definition) is 4. The van der Waals surface area contributed by atoms with Gasteiger partial charge < -0.3 is 5.11 Å². The number of benzene rings is 1. The molecule has 0 atom stereocenters. The molecule has 3 rings (SSSR count). The van der Waals surface area contributed by atoms with Gasteiger partial charge in [-0.3, -0.25) is 4.79 Å². The first kappa shape index (κ1) is 16.0. The highest BCUT2D eigenvalue weighted by Crippen LogP contribution is 2.37. The Morgan fingerprint density at radius 1 is 1.26 bits per heavy atom. The van der Waals surface area contributed by atoms with Crippen LogP contribution in [-0.2, 0) is 21.4 Å². The second-order valence-electron chi connectivity index (χ2n) is 6.15. The molecule has 1 aliphatic heterocycles. The van der Waals surface area contributed by atoms with Crippen molar-refractivity contribution in [1.82, 2.24) is 4.72 Å². The van der Waals surface area contributed by atoms with Crippen molar-refractivity contribution in [2.24, 2.45) is 5.92 Å². The van der Waals surface area contributed by atoms with Crippen LogP contribution in [0.1, 0.15) is 37.7 Å². The minimum Gasteiger partial charge on any atom is -0.506 e. The van der Waals surface area contributed by atoms with Crippen LogP contribution in [0.2, 0.25) is 0 Å². The van der Waals surface area contributed by atoms with Crippen molar-refractivity contribution < 1.29 is 22.7 Å². The lowest BCUT2D eigenvalue weighted by atomic mass is 9.84. The molecule has 6 nitrogen and oxygen atoms in total. The van der Waals surface area contributed by atoms with E-state index in [-0.39, 0.29) is 0 Å². The van der Waals surface area contributed by atoms with Crippen LogP contribution in [0.4, 0.5) is 10.1 Å². The smallest absolute Gasteiger partial charge is 0.326 e. The number of carbonyl (C=O) groups excluding carboxylic acids is 1. The first-order valence-corrected chi connectivity index (χ1v) is 9.16. The number of halogens is 1. The minimum absolute atomic E-state index is 0.366. The van der Waals surface area contributed by atoms with Gasteiger partial charge in [-0.1, -0.05) is 38.2 Å². The minimum atomic E-state index is -4.15. The number of nitrogens with one attached hydrogen (secondary N) is 1. The van der Waals surface area contributed by atoms with E-state index >= 15 is 0 Å². The highest BCUT2D eigenvalue weighted by molar-refractivity contribution is 7.92. The Balaban J connectivity index is 1.94. The zero-order valence-electron chi connectivity index (χ0n) is 12.6. The zero-order valence-corrected chi connectivity index (χ0v) is 13.4. The fraction of sp³-hybridized carbons (Fsp3) is 0.533. The quantitative estimate of drug-likeness (QED) is 0.877. The van der Waals surface area contributed by atoms with Crippen molar-refractivity contribution in [3.63, 3.8) is 0 Å². The molecule has 0 unspecified atom stereocenters. The van der Waals surface area contributed by atoms with Gasteiger partial charge in [0, 0.05) is 0 Å². The van der Waals surface area contributed by atoms with E-state index in [1.165, 1.54) is 18.6 Å². The van der Waals surface area contributed by atoms with E-state index in [2.05, 4.69) is 0 Å². The van der Waals surface area contributed by atoms with E-state index in [1.807, 2.05) is 0 Å². The standard InChI is InChI=1S/C15H19FN2O4S/c16-14-11(8-10-4-2-1-3-5-10)6-7-12(19)15(14)18-9-13(20)17-23(18,21)22/h6-7,10,19H,1-5,8-9H2,(H,17,20). The van der Waals surface area contributed by atoms with E-state index in [1.54, 1.807) is 4.72 Å². The van der Waals surface area contributed by atoms with Crippen molar-refractivity contribution in [1.29, 1.82) is 0 Å². The lowest BCUT2D eigenvalue weighted by Crippen LogP contribution is -2.30. The average molecular weight is 342 g/mol. The van der Waals surface area contributed by atoms with Gasteiger partial charge in [0.1, 0.15) is 18.0 Å². The average Bonchev–Trinajstić information content (AvgIpc) is 2.76. The van der Waals surface area contributed by atoms with E-state index < -0.39 is 39.9 Å². The third-order valence-corrected chi connectivity index (χ3v) is 5.86. The summed E-state index contributed by atoms with van der Waals surface area (Å²) in [6, 6.07) is 2.77. The van der Waals surface area contributed by atoms with Crippen LogP contribution in [0.25, 0.3) is 0 Å². The summed E-state index contributed by atoms with van der Waals surface area (Å²) in [4.78, 5) is 11.3. The Hall–Kier alpha value is -1.83. The van der Waals surface area contributed by atoms with Crippen LogP contribution in [0.5, 0.6) is 5.75 Å². The Bertz CT molecular complexity index is 729.